The third-order valence-corrected chi connectivity index (χ3v) is 14.8. The first kappa shape index (κ1) is 31.3. The molecule has 3 aliphatic carbocycles. The number of para-hydroxylation sites is 1. The summed E-state index contributed by atoms with van der Waals surface area (Å²) >= 11 is 0. The van der Waals surface area contributed by atoms with E-state index >= 15 is 4.57 Å². The molecule has 2 unspecified atom stereocenters. The second-order valence-corrected chi connectivity index (χ2v) is 17.3. The van der Waals surface area contributed by atoms with Crippen molar-refractivity contribution in [2.24, 2.45) is 0 Å². The summed E-state index contributed by atoms with van der Waals surface area (Å²) in [6.45, 7) is 0. The van der Waals surface area contributed by atoms with Gasteiger partial charge in [0.05, 0.1) is 5.41 Å². The maximum absolute atomic E-state index is 15.2. The van der Waals surface area contributed by atoms with Crippen molar-refractivity contribution in [2.45, 2.75) is 43.4 Å². The van der Waals surface area contributed by atoms with E-state index in [0.29, 0.717) is 0 Å². The quantitative estimate of drug-likeness (QED) is 0.168. The number of hydrogen-bond donors (Lipinski definition) is 0. The minimum atomic E-state index is -3.07. The van der Waals surface area contributed by atoms with Gasteiger partial charge in [-0.1, -0.05) is 152 Å². The first-order valence-corrected chi connectivity index (χ1v) is 20.3. The SMILES string of the molecule is O=P(c1ccccc1)(c1ccccc1)c1cccc(C2C=C(c3ccc4c(c3)Oc3ccccc3C43C4=C(CCCC4)c4ccccc43)C=CC2)c1. The summed E-state index contributed by atoms with van der Waals surface area (Å²) in [7, 11) is -3.07. The molecule has 2 nitrogen and oxygen atoms in total. The van der Waals surface area contributed by atoms with E-state index in [4.69, 9.17) is 4.74 Å². The fourth-order valence-corrected chi connectivity index (χ4v) is 12.2. The molecule has 3 heteroatoms. The molecule has 10 rings (SSSR count). The van der Waals surface area contributed by atoms with Crippen LogP contribution in [0.5, 0.6) is 11.5 Å². The van der Waals surface area contributed by atoms with Crippen molar-refractivity contribution in [1.29, 1.82) is 0 Å². The number of hydrogen-bond acceptors (Lipinski definition) is 2. The standard InChI is InChI=1S/C49H39O2P/c50-52(38-18-3-1-4-19-38,39-20-5-2-6-21-39)40-22-14-17-36(32-40)34-15-13-16-35(31-34)37-29-30-46-48(33-37)51-47-28-12-11-27-45(47)49(46)43-25-9-7-23-41(43)42-24-8-10-26-44(42)49/h1-7,9,11-14,16-23,25,27-34H,8,10,15,24,26H2. The highest BCUT2D eigenvalue weighted by atomic mass is 31.2. The molecule has 0 fully saturated rings. The number of ether oxygens (including phenoxy) is 1. The summed E-state index contributed by atoms with van der Waals surface area (Å²) in [6, 6.07) is 53.1. The van der Waals surface area contributed by atoms with Gasteiger partial charge in [0.1, 0.15) is 11.5 Å². The molecule has 0 saturated carbocycles. The zero-order valence-corrected chi connectivity index (χ0v) is 29.9. The Labute approximate surface area is 306 Å². The molecule has 0 saturated heterocycles. The zero-order chi connectivity index (χ0) is 34.7. The van der Waals surface area contributed by atoms with Crippen LogP contribution in [0.25, 0.3) is 11.1 Å². The molecule has 0 aromatic heterocycles. The van der Waals surface area contributed by atoms with E-state index in [9.17, 15) is 0 Å². The molecule has 2 atom stereocenters. The summed E-state index contributed by atoms with van der Waals surface area (Å²) in [6.07, 6.45) is 12.5. The van der Waals surface area contributed by atoms with Gasteiger partial charge in [-0.25, -0.2) is 0 Å². The third-order valence-electron chi connectivity index (χ3n) is 11.8. The molecule has 0 radical (unpaired) electrons. The predicted molar refractivity (Wildman–Crippen MR) is 215 cm³/mol. The van der Waals surface area contributed by atoms with Crippen LogP contribution >= 0.6 is 7.14 Å². The van der Waals surface area contributed by atoms with Crippen LogP contribution in [0.15, 0.2) is 175 Å². The number of allylic oxidation sites excluding steroid dienone is 6. The van der Waals surface area contributed by atoms with Crippen LogP contribution in [0.2, 0.25) is 0 Å². The Morgan fingerprint density at radius 3 is 2.08 bits per heavy atom. The summed E-state index contributed by atoms with van der Waals surface area (Å²) in [5.74, 6) is 2.04. The molecule has 4 aliphatic rings. The lowest BCUT2D eigenvalue weighted by Crippen LogP contribution is -2.33. The van der Waals surface area contributed by atoms with E-state index in [2.05, 4.69) is 103 Å². The lowest BCUT2D eigenvalue weighted by Gasteiger charge is -2.41. The highest BCUT2D eigenvalue weighted by Crippen LogP contribution is 2.63. The van der Waals surface area contributed by atoms with Crippen molar-refractivity contribution < 1.29 is 9.30 Å². The smallest absolute Gasteiger partial charge is 0.171 e. The Kier molecular flexibility index (Phi) is 7.45. The highest BCUT2D eigenvalue weighted by Gasteiger charge is 2.52. The topological polar surface area (TPSA) is 26.3 Å². The van der Waals surface area contributed by atoms with E-state index in [-0.39, 0.29) is 11.3 Å². The van der Waals surface area contributed by atoms with E-state index in [1.54, 1.807) is 11.1 Å². The summed E-state index contributed by atoms with van der Waals surface area (Å²) in [5.41, 5.74) is 11.6. The Morgan fingerprint density at radius 1 is 0.596 bits per heavy atom. The predicted octanol–water partition coefficient (Wildman–Crippen LogP) is 11.2. The van der Waals surface area contributed by atoms with Crippen LogP contribution in [0.3, 0.4) is 0 Å². The maximum atomic E-state index is 15.2. The van der Waals surface area contributed by atoms with Crippen LogP contribution in [0.4, 0.5) is 0 Å². The normalized spacial score (nSPS) is 20.0. The number of benzene rings is 6. The minimum Gasteiger partial charge on any atom is -0.457 e. The molecular weight excluding hydrogens is 652 g/mol. The van der Waals surface area contributed by atoms with Gasteiger partial charge in [0.15, 0.2) is 7.14 Å². The lowest BCUT2D eigenvalue weighted by molar-refractivity contribution is 0.430. The first-order chi connectivity index (χ1) is 25.7. The average molecular weight is 691 g/mol. The monoisotopic (exact) mass is 690 g/mol. The zero-order valence-electron chi connectivity index (χ0n) is 29.0. The van der Waals surface area contributed by atoms with Crippen LogP contribution < -0.4 is 20.7 Å². The van der Waals surface area contributed by atoms with E-state index in [1.807, 2.05) is 66.7 Å². The van der Waals surface area contributed by atoms with Crippen LogP contribution in [0, 0.1) is 0 Å². The molecule has 52 heavy (non-hydrogen) atoms. The maximum Gasteiger partial charge on any atom is 0.171 e. The summed E-state index contributed by atoms with van der Waals surface area (Å²) < 4.78 is 22.0. The first-order valence-electron chi connectivity index (χ1n) is 18.6. The Morgan fingerprint density at radius 2 is 1.27 bits per heavy atom. The third kappa shape index (κ3) is 4.67. The molecule has 1 heterocycles. The molecule has 1 spiro atoms. The summed E-state index contributed by atoms with van der Waals surface area (Å²) in [5, 5.41) is 2.58. The van der Waals surface area contributed by atoms with E-state index < -0.39 is 7.14 Å². The van der Waals surface area contributed by atoms with Crippen molar-refractivity contribution in [3.8, 4) is 11.5 Å². The van der Waals surface area contributed by atoms with E-state index in [1.165, 1.54) is 46.2 Å². The molecule has 252 valence electrons. The molecular formula is C49H39O2P. The van der Waals surface area contributed by atoms with Crippen molar-refractivity contribution in [1.82, 2.24) is 0 Å². The van der Waals surface area contributed by atoms with Gasteiger partial charge in [0, 0.05) is 33.0 Å². The van der Waals surface area contributed by atoms with Crippen molar-refractivity contribution in [3.63, 3.8) is 0 Å². The number of rotatable bonds is 5. The van der Waals surface area contributed by atoms with Crippen LogP contribution in [0.1, 0.15) is 71.4 Å². The molecule has 6 aromatic carbocycles. The molecule has 0 N–H and O–H groups in total. The van der Waals surface area contributed by atoms with Crippen LogP contribution in [-0.4, -0.2) is 0 Å². The largest absolute Gasteiger partial charge is 0.457 e. The van der Waals surface area contributed by atoms with Crippen molar-refractivity contribution >= 4 is 34.2 Å². The Balaban J connectivity index is 1.06. The van der Waals surface area contributed by atoms with Gasteiger partial charge >= 0.3 is 0 Å². The highest BCUT2D eigenvalue weighted by molar-refractivity contribution is 7.85. The molecule has 0 bridgehead atoms. The molecule has 6 aromatic rings. The second-order valence-electron chi connectivity index (χ2n) is 14.5. The minimum absolute atomic E-state index is 0.153. The van der Waals surface area contributed by atoms with Gasteiger partial charge in [0.25, 0.3) is 0 Å². The average Bonchev–Trinajstić information content (AvgIpc) is 3.52. The van der Waals surface area contributed by atoms with Gasteiger partial charge in [-0.15, -0.1) is 0 Å². The fourth-order valence-electron chi connectivity index (χ4n) is 9.47. The van der Waals surface area contributed by atoms with Crippen molar-refractivity contribution in [2.75, 3.05) is 0 Å². The Hall–Kier alpha value is -5.43. The van der Waals surface area contributed by atoms with E-state index in [0.717, 1.165) is 52.2 Å². The van der Waals surface area contributed by atoms with Crippen molar-refractivity contribution in [3.05, 3.63) is 209 Å². The summed E-state index contributed by atoms with van der Waals surface area (Å²) in [4.78, 5) is 0. The molecule has 0 amide bonds. The van der Waals surface area contributed by atoms with Gasteiger partial charge < -0.3 is 9.30 Å². The van der Waals surface area contributed by atoms with Gasteiger partial charge in [-0.05, 0) is 89.3 Å². The molecule has 1 aliphatic heterocycles. The lowest BCUT2D eigenvalue weighted by atomic mass is 9.63. The van der Waals surface area contributed by atoms with Gasteiger partial charge in [-0.3, -0.25) is 0 Å². The fraction of sp³-hybridized carbons (Fsp3) is 0.143. The number of fused-ring (bicyclic) bond motifs is 8. The Bertz CT molecular complexity index is 2460. The van der Waals surface area contributed by atoms with Gasteiger partial charge in [0.2, 0.25) is 0 Å². The van der Waals surface area contributed by atoms with Gasteiger partial charge in [-0.2, -0.15) is 0 Å². The van der Waals surface area contributed by atoms with Crippen LogP contribution in [-0.2, 0) is 9.98 Å². The second kappa shape index (κ2) is 12.4.